The average Bonchev–Trinajstić information content (AvgIpc) is 2.19. The zero-order valence-corrected chi connectivity index (χ0v) is 9.43. The first-order chi connectivity index (χ1) is 7.90. The number of nitrogens with two attached hydrogens (primary N) is 3. The van der Waals surface area contributed by atoms with Crippen LogP contribution < -0.4 is 22.5 Å². The first kappa shape index (κ1) is 12.8. The lowest BCUT2D eigenvalue weighted by atomic mass is 10.2. The SMILES string of the molecule is CC(CC(N)=O)Nc1cc(C(N)=O)c(N)cn1. The summed E-state index contributed by atoms with van der Waals surface area (Å²) in [6, 6.07) is 1.25. The Morgan fingerprint density at radius 2 is 2.12 bits per heavy atom. The predicted octanol–water partition coefficient (Wildman–Crippen LogP) is -0.561. The second-order valence-corrected chi connectivity index (χ2v) is 3.74. The smallest absolute Gasteiger partial charge is 0.250 e. The predicted molar refractivity (Wildman–Crippen MR) is 64.1 cm³/mol. The molecule has 7 N–H and O–H groups in total. The maximum atomic E-state index is 11.1. The Morgan fingerprint density at radius 3 is 2.65 bits per heavy atom. The third-order valence-electron chi connectivity index (χ3n) is 2.10. The Bertz CT molecular complexity index is 446. The Morgan fingerprint density at radius 1 is 1.47 bits per heavy atom. The molecule has 17 heavy (non-hydrogen) atoms. The number of nitrogens with one attached hydrogen (secondary N) is 1. The summed E-state index contributed by atoms with van der Waals surface area (Å²) < 4.78 is 0. The van der Waals surface area contributed by atoms with Crippen LogP contribution in [0.3, 0.4) is 0 Å². The summed E-state index contributed by atoms with van der Waals surface area (Å²) >= 11 is 0. The molecule has 2 amide bonds. The van der Waals surface area contributed by atoms with Gasteiger partial charge in [-0.3, -0.25) is 9.59 Å². The van der Waals surface area contributed by atoms with Crippen molar-refractivity contribution >= 4 is 23.3 Å². The maximum Gasteiger partial charge on any atom is 0.250 e. The summed E-state index contributed by atoms with van der Waals surface area (Å²) in [7, 11) is 0. The van der Waals surface area contributed by atoms with E-state index in [0.717, 1.165) is 0 Å². The van der Waals surface area contributed by atoms with Crippen LogP contribution in [0.15, 0.2) is 12.3 Å². The number of carbonyl (C=O) groups is 2. The highest BCUT2D eigenvalue weighted by Gasteiger charge is 2.10. The molecule has 0 spiro atoms. The van der Waals surface area contributed by atoms with Crippen molar-refractivity contribution in [3.8, 4) is 0 Å². The largest absolute Gasteiger partial charge is 0.397 e. The number of aromatic nitrogens is 1. The number of anilines is 2. The molecule has 0 fully saturated rings. The van der Waals surface area contributed by atoms with Gasteiger partial charge in [0.25, 0.3) is 5.91 Å². The zero-order chi connectivity index (χ0) is 13.0. The molecule has 0 aliphatic rings. The van der Waals surface area contributed by atoms with Gasteiger partial charge in [-0.15, -0.1) is 0 Å². The third-order valence-corrected chi connectivity index (χ3v) is 2.10. The number of primary amides is 2. The molecule has 0 aliphatic carbocycles. The average molecular weight is 237 g/mol. The van der Waals surface area contributed by atoms with E-state index in [4.69, 9.17) is 17.2 Å². The van der Waals surface area contributed by atoms with Gasteiger partial charge >= 0.3 is 0 Å². The van der Waals surface area contributed by atoms with E-state index >= 15 is 0 Å². The van der Waals surface area contributed by atoms with Gasteiger partial charge in [0.05, 0.1) is 17.4 Å². The van der Waals surface area contributed by atoms with Crippen LogP contribution in [-0.2, 0) is 4.79 Å². The minimum absolute atomic E-state index is 0.165. The van der Waals surface area contributed by atoms with Crippen molar-refractivity contribution in [1.29, 1.82) is 0 Å². The van der Waals surface area contributed by atoms with Crippen molar-refractivity contribution in [2.24, 2.45) is 11.5 Å². The van der Waals surface area contributed by atoms with Crippen molar-refractivity contribution < 1.29 is 9.59 Å². The highest BCUT2D eigenvalue weighted by Crippen LogP contribution is 2.15. The lowest BCUT2D eigenvalue weighted by molar-refractivity contribution is -0.118. The molecule has 7 heteroatoms. The van der Waals surface area contributed by atoms with E-state index < -0.39 is 11.8 Å². The standard InChI is InChI=1S/C10H15N5O2/c1-5(2-8(12)16)15-9-3-6(10(13)17)7(11)4-14-9/h3-5H,2,11H2,1H3,(H2,12,16)(H2,13,17)(H,14,15). The van der Waals surface area contributed by atoms with E-state index in [9.17, 15) is 9.59 Å². The van der Waals surface area contributed by atoms with Gasteiger partial charge in [-0.05, 0) is 13.0 Å². The zero-order valence-electron chi connectivity index (χ0n) is 9.43. The van der Waals surface area contributed by atoms with E-state index in [-0.39, 0.29) is 23.7 Å². The molecule has 1 aromatic heterocycles. The summed E-state index contributed by atoms with van der Waals surface area (Å²) in [6.45, 7) is 1.77. The second kappa shape index (κ2) is 5.15. The third kappa shape index (κ3) is 3.63. The normalized spacial score (nSPS) is 11.8. The summed E-state index contributed by atoms with van der Waals surface area (Å²) in [5, 5.41) is 2.92. The highest BCUT2D eigenvalue weighted by atomic mass is 16.1. The van der Waals surface area contributed by atoms with Crippen LogP contribution in [0.25, 0.3) is 0 Å². The number of carbonyl (C=O) groups excluding carboxylic acids is 2. The Hall–Kier alpha value is -2.31. The minimum Gasteiger partial charge on any atom is -0.397 e. The number of hydrogen-bond acceptors (Lipinski definition) is 5. The Kier molecular flexibility index (Phi) is 3.86. The Labute approximate surface area is 98.4 Å². The van der Waals surface area contributed by atoms with Gasteiger partial charge in [0.15, 0.2) is 0 Å². The van der Waals surface area contributed by atoms with Gasteiger partial charge in [-0.25, -0.2) is 4.98 Å². The van der Waals surface area contributed by atoms with Crippen LogP contribution in [0, 0.1) is 0 Å². The first-order valence-electron chi connectivity index (χ1n) is 5.00. The minimum atomic E-state index is -0.629. The molecule has 0 aliphatic heterocycles. The van der Waals surface area contributed by atoms with Crippen LogP contribution in [0.5, 0.6) is 0 Å². The molecule has 1 atom stereocenters. The summed E-state index contributed by atoms with van der Waals surface area (Å²) in [5.41, 5.74) is 16.1. The molecule has 0 saturated heterocycles. The Balaban J connectivity index is 2.82. The molecule has 92 valence electrons. The first-order valence-corrected chi connectivity index (χ1v) is 5.00. The molecular weight excluding hydrogens is 222 g/mol. The lowest BCUT2D eigenvalue weighted by Gasteiger charge is -2.13. The van der Waals surface area contributed by atoms with Crippen molar-refractivity contribution in [3.05, 3.63) is 17.8 Å². The summed E-state index contributed by atoms with van der Waals surface area (Å²) in [5.74, 6) is -0.632. The van der Waals surface area contributed by atoms with Crippen molar-refractivity contribution in [2.75, 3.05) is 11.1 Å². The van der Waals surface area contributed by atoms with E-state index in [1.807, 2.05) is 0 Å². The van der Waals surface area contributed by atoms with Gasteiger partial charge in [-0.2, -0.15) is 0 Å². The van der Waals surface area contributed by atoms with Crippen LogP contribution >= 0.6 is 0 Å². The van der Waals surface area contributed by atoms with Crippen LogP contribution in [0.2, 0.25) is 0 Å². The number of rotatable bonds is 5. The van der Waals surface area contributed by atoms with E-state index in [0.29, 0.717) is 5.82 Å². The molecule has 7 nitrogen and oxygen atoms in total. The highest BCUT2D eigenvalue weighted by molar-refractivity contribution is 5.98. The van der Waals surface area contributed by atoms with E-state index in [1.54, 1.807) is 6.92 Å². The topological polar surface area (TPSA) is 137 Å². The monoisotopic (exact) mass is 237 g/mol. The van der Waals surface area contributed by atoms with Gasteiger partial charge in [0.1, 0.15) is 5.82 Å². The van der Waals surface area contributed by atoms with Crippen molar-refractivity contribution in [1.82, 2.24) is 4.98 Å². The second-order valence-electron chi connectivity index (χ2n) is 3.74. The van der Waals surface area contributed by atoms with Crippen LogP contribution in [0.4, 0.5) is 11.5 Å². The van der Waals surface area contributed by atoms with Gasteiger partial charge in [0.2, 0.25) is 5.91 Å². The van der Waals surface area contributed by atoms with Crippen LogP contribution in [0.1, 0.15) is 23.7 Å². The van der Waals surface area contributed by atoms with Crippen molar-refractivity contribution in [2.45, 2.75) is 19.4 Å². The summed E-state index contributed by atoms with van der Waals surface area (Å²) in [4.78, 5) is 25.7. The fraction of sp³-hybridized carbons (Fsp3) is 0.300. The molecule has 1 aromatic rings. The van der Waals surface area contributed by atoms with Crippen LogP contribution in [-0.4, -0.2) is 22.8 Å². The fourth-order valence-electron chi connectivity index (χ4n) is 1.36. The number of hydrogen-bond donors (Lipinski definition) is 4. The molecule has 0 aromatic carbocycles. The fourth-order valence-corrected chi connectivity index (χ4v) is 1.36. The molecule has 1 rings (SSSR count). The van der Waals surface area contributed by atoms with Gasteiger partial charge in [0, 0.05) is 12.5 Å². The van der Waals surface area contributed by atoms with E-state index in [1.165, 1.54) is 12.3 Å². The van der Waals surface area contributed by atoms with E-state index in [2.05, 4.69) is 10.3 Å². The molecule has 0 bridgehead atoms. The van der Waals surface area contributed by atoms with Crippen molar-refractivity contribution in [3.63, 3.8) is 0 Å². The number of amides is 2. The number of pyridine rings is 1. The molecular formula is C10H15N5O2. The molecule has 0 saturated carbocycles. The number of nitrogen functional groups attached to an aromatic ring is 1. The number of nitrogens with zero attached hydrogens (tertiary/aromatic N) is 1. The molecule has 1 unspecified atom stereocenters. The maximum absolute atomic E-state index is 11.1. The quantitative estimate of drug-likeness (QED) is 0.544. The van der Waals surface area contributed by atoms with Gasteiger partial charge in [-0.1, -0.05) is 0 Å². The molecule has 0 radical (unpaired) electrons. The molecule has 1 heterocycles. The lowest BCUT2D eigenvalue weighted by Crippen LogP contribution is -2.24. The summed E-state index contributed by atoms with van der Waals surface area (Å²) in [6.07, 6.45) is 1.50. The van der Waals surface area contributed by atoms with Gasteiger partial charge < -0.3 is 22.5 Å².